The second-order valence-corrected chi connectivity index (χ2v) is 11.1. The van der Waals surface area contributed by atoms with Crippen molar-refractivity contribution in [1.82, 2.24) is 25.5 Å². The van der Waals surface area contributed by atoms with Crippen molar-refractivity contribution in [3.05, 3.63) is 53.4 Å². The highest BCUT2D eigenvalue weighted by Crippen LogP contribution is 2.27. The summed E-state index contributed by atoms with van der Waals surface area (Å²) in [6.45, 7) is 9.25. The molecule has 1 aromatic carbocycles. The Bertz CT molecular complexity index is 1320. The van der Waals surface area contributed by atoms with Crippen LogP contribution < -0.4 is 10.6 Å². The maximum atomic E-state index is 13.8. The van der Waals surface area contributed by atoms with E-state index in [0.29, 0.717) is 38.1 Å². The molecule has 10 heteroatoms. The molecule has 0 saturated carbocycles. The number of nitrogens with one attached hydrogen (secondary N) is 3. The molecule has 0 radical (unpaired) electrons. The molecule has 3 amide bonds. The molecule has 1 fully saturated rings. The lowest BCUT2D eigenvalue weighted by Crippen LogP contribution is -2.52. The minimum atomic E-state index is -0.735. The maximum Gasteiger partial charge on any atom is 0.360 e. The standard InChI is InChI=1S/C31H43N5O5/c1-5-26-27(30(38)40-6-2)35-29(41-26)25(18-21-19-32-23-14-10-9-13-22(21)23)33-28(37)24(17-20(3)4)34-31(39)36-15-11-7-8-12-16-36/h9-10,13-14,19-20,24-25,32H,5-8,11-12,15-18H2,1-4H3,(H,33,37)(H,34,39)/t24-,25+/m0/s1. The van der Waals surface area contributed by atoms with Gasteiger partial charge >= 0.3 is 12.0 Å². The Balaban J connectivity index is 1.62. The molecular formula is C31H43N5O5. The number of hydrogen-bond acceptors (Lipinski definition) is 6. The molecule has 4 rings (SSSR count). The van der Waals surface area contributed by atoms with Crippen LogP contribution in [0, 0.1) is 5.92 Å². The fourth-order valence-electron chi connectivity index (χ4n) is 5.33. The van der Waals surface area contributed by atoms with Crippen LogP contribution in [0.25, 0.3) is 10.9 Å². The van der Waals surface area contributed by atoms with Crippen molar-refractivity contribution >= 4 is 28.8 Å². The van der Waals surface area contributed by atoms with E-state index in [0.717, 1.165) is 42.1 Å². The number of likely N-dealkylation sites (tertiary alicyclic amines) is 1. The zero-order valence-corrected chi connectivity index (χ0v) is 24.6. The second-order valence-electron chi connectivity index (χ2n) is 11.1. The molecule has 0 spiro atoms. The summed E-state index contributed by atoms with van der Waals surface area (Å²) in [4.78, 5) is 49.2. The van der Waals surface area contributed by atoms with E-state index >= 15 is 0 Å². The van der Waals surface area contributed by atoms with Crippen molar-refractivity contribution in [2.24, 2.45) is 5.92 Å². The van der Waals surface area contributed by atoms with Crippen LogP contribution in [0.15, 0.2) is 34.9 Å². The van der Waals surface area contributed by atoms with Crippen molar-refractivity contribution in [2.75, 3.05) is 19.7 Å². The number of nitrogens with zero attached hydrogens (tertiary/aromatic N) is 2. The van der Waals surface area contributed by atoms with E-state index in [-0.39, 0.29) is 36.0 Å². The van der Waals surface area contributed by atoms with E-state index in [1.54, 1.807) is 6.92 Å². The number of urea groups is 1. The lowest BCUT2D eigenvalue weighted by Gasteiger charge is -2.27. The van der Waals surface area contributed by atoms with Gasteiger partial charge in [-0.25, -0.2) is 14.6 Å². The lowest BCUT2D eigenvalue weighted by atomic mass is 10.0. The van der Waals surface area contributed by atoms with Gasteiger partial charge in [-0.15, -0.1) is 0 Å². The molecule has 222 valence electrons. The molecule has 0 aliphatic carbocycles. The van der Waals surface area contributed by atoms with Crippen molar-refractivity contribution in [3.8, 4) is 0 Å². The average molecular weight is 566 g/mol. The summed E-state index contributed by atoms with van der Waals surface area (Å²) < 4.78 is 11.3. The van der Waals surface area contributed by atoms with Gasteiger partial charge in [-0.3, -0.25) is 4.79 Å². The minimum absolute atomic E-state index is 0.121. The van der Waals surface area contributed by atoms with Crippen LogP contribution in [0.5, 0.6) is 0 Å². The predicted octanol–water partition coefficient (Wildman–Crippen LogP) is 5.30. The summed E-state index contributed by atoms with van der Waals surface area (Å²) in [6.07, 6.45) is 7.35. The summed E-state index contributed by atoms with van der Waals surface area (Å²) >= 11 is 0. The van der Waals surface area contributed by atoms with Gasteiger partial charge in [0.1, 0.15) is 17.8 Å². The van der Waals surface area contributed by atoms with E-state index < -0.39 is 18.1 Å². The van der Waals surface area contributed by atoms with E-state index in [1.807, 2.05) is 56.1 Å². The van der Waals surface area contributed by atoms with Gasteiger partial charge < -0.3 is 29.7 Å². The molecule has 2 aromatic heterocycles. The molecule has 1 saturated heterocycles. The number of aryl methyl sites for hydroxylation is 1. The molecule has 0 unspecified atom stereocenters. The van der Waals surface area contributed by atoms with Crippen LogP contribution in [-0.2, 0) is 22.4 Å². The van der Waals surface area contributed by atoms with Crippen LogP contribution in [0.4, 0.5) is 4.79 Å². The van der Waals surface area contributed by atoms with Gasteiger partial charge in [-0.05, 0) is 43.7 Å². The number of rotatable bonds is 11. The number of hydrogen-bond donors (Lipinski definition) is 3. The summed E-state index contributed by atoms with van der Waals surface area (Å²) in [5, 5.41) is 7.12. The number of carbonyl (C=O) groups excluding carboxylic acids is 3. The van der Waals surface area contributed by atoms with Crippen LogP contribution in [0.1, 0.15) is 93.5 Å². The third-order valence-electron chi connectivity index (χ3n) is 7.43. The number of ether oxygens (including phenoxy) is 1. The number of H-pyrrole nitrogens is 1. The number of oxazole rings is 1. The highest BCUT2D eigenvalue weighted by atomic mass is 16.5. The number of benzene rings is 1. The quantitative estimate of drug-likeness (QED) is 0.271. The third kappa shape index (κ3) is 7.68. The average Bonchev–Trinajstić information content (AvgIpc) is 3.46. The molecule has 3 heterocycles. The van der Waals surface area contributed by atoms with Gasteiger partial charge in [-0.2, -0.15) is 0 Å². The van der Waals surface area contributed by atoms with Crippen molar-refractivity contribution < 1.29 is 23.5 Å². The monoisotopic (exact) mass is 565 g/mol. The number of para-hydroxylation sites is 1. The number of fused-ring (bicyclic) bond motifs is 1. The number of esters is 1. The zero-order valence-electron chi connectivity index (χ0n) is 24.6. The van der Waals surface area contributed by atoms with Crippen LogP contribution in [-0.4, -0.2) is 58.5 Å². The van der Waals surface area contributed by atoms with E-state index in [9.17, 15) is 14.4 Å². The molecular weight excluding hydrogens is 522 g/mol. The Morgan fingerprint density at radius 2 is 1.80 bits per heavy atom. The summed E-state index contributed by atoms with van der Waals surface area (Å²) in [5.74, 6) is -0.0684. The first-order valence-electron chi connectivity index (χ1n) is 14.9. The van der Waals surface area contributed by atoms with Gasteiger partial charge in [0.15, 0.2) is 5.69 Å². The SMILES string of the molecule is CCOC(=O)c1nc([C@@H](Cc2c[nH]c3ccccc23)NC(=O)[C@H](CC(C)C)NC(=O)N2CCCCCC2)oc1CC. The Labute approximate surface area is 241 Å². The Morgan fingerprint density at radius 3 is 2.49 bits per heavy atom. The molecule has 2 atom stereocenters. The number of amides is 3. The minimum Gasteiger partial charge on any atom is -0.461 e. The first-order valence-corrected chi connectivity index (χ1v) is 14.9. The smallest absolute Gasteiger partial charge is 0.360 e. The normalized spacial score (nSPS) is 15.4. The van der Waals surface area contributed by atoms with Gasteiger partial charge in [-0.1, -0.05) is 51.8 Å². The van der Waals surface area contributed by atoms with E-state index in [4.69, 9.17) is 9.15 Å². The molecule has 3 N–H and O–H groups in total. The van der Waals surface area contributed by atoms with Crippen LogP contribution in [0.2, 0.25) is 0 Å². The van der Waals surface area contributed by atoms with E-state index in [1.165, 1.54) is 0 Å². The summed E-state index contributed by atoms with van der Waals surface area (Å²) in [5.41, 5.74) is 2.06. The van der Waals surface area contributed by atoms with Crippen molar-refractivity contribution in [1.29, 1.82) is 0 Å². The number of carbonyl (C=O) groups is 3. The van der Waals surface area contributed by atoms with Gasteiger partial charge in [0.25, 0.3) is 0 Å². The van der Waals surface area contributed by atoms with Gasteiger partial charge in [0, 0.05) is 43.0 Å². The molecule has 1 aliphatic heterocycles. The fraction of sp³-hybridized carbons (Fsp3) is 0.548. The van der Waals surface area contributed by atoms with Crippen LogP contribution in [0.3, 0.4) is 0 Å². The van der Waals surface area contributed by atoms with Crippen molar-refractivity contribution in [2.45, 2.75) is 84.7 Å². The number of aromatic nitrogens is 2. The fourth-order valence-corrected chi connectivity index (χ4v) is 5.33. The summed E-state index contributed by atoms with van der Waals surface area (Å²) in [7, 11) is 0. The Kier molecular flexibility index (Phi) is 10.4. The van der Waals surface area contributed by atoms with Gasteiger partial charge in [0.05, 0.1) is 6.61 Å². The largest absolute Gasteiger partial charge is 0.461 e. The molecule has 0 bridgehead atoms. The maximum absolute atomic E-state index is 13.8. The second kappa shape index (κ2) is 14.2. The van der Waals surface area contributed by atoms with E-state index in [2.05, 4.69) is 20.6 Å². The molecule has 10 nitrogen and oxygen atoms in total. The zero-order chi connectivity index (χ0) is 29.4. The number of aromatic amines is 1. The predicted molar refractivity (Wildman–Crippen MR) is 157 cm³/mol. The first-order chi connectivity index (χ1) is 19.8. The van der Waals surface area contributed by atoms with Gasteiger partial charge in [0.2, 0.25) is 11.8 Å². The third-order valence-corrected chi connectivity index (χ3v) is 7.43. The topological polar surface area (TPSA) is 130 Å². The molecule has 41 heavy (non-hydrogen) atoms. The Morgan fingerprint density at radius 1 is 1.07 bits per heavy atom. The lowest BCUT2D eigenvalue weighted by molar-refractivity contribution is -0.124. The molecule has 1 aliphatic rings. The Hall–Kier alpha value is -3.82. The highest BCUT2D eigenvalue weighted by Gasteiger charge is 2.31. The first kappa shape index (κ1) is 30.1. The van der Waals surface area contributed by atoms with Crippen molar-refractivity contribution in [3.63, 3.8) is 0 Å². The van der Waals surface area contributed by atoms with Crippen LogP contribution >= 0.6 is 0 Å². The molecule has 3 aromatic rings. The summed E-state index contributed by atoms with van der Waals surface area (Å²) in [6, 6.07) is 6.29. The highest BCUT2D eigenvalue weighted by molar-refractivity contribution is 5.89.